The van der Waals surface area contributed by atoms with Gasteiger partial charge in [0.15, 0.2) is 0 Å². The minimum Gasteiger partial charge on any atom is -0.375 e. The summed E-state index contributed by atoms with van der Waals surface area (Å²) in [5.41, 5.74) is 0. The highest BCUT2D eigenvalue weighted by Crippen LogP contribution is 2.30. The number of rotatable bonds is 0. The Labute approximate surface area is 70.1 Å². The zero-order chi connectivity index (χ0) is 9.02. The second-order valence-electron chi connectivity index (χ2n) is 3.26. The Morgan fingerprint density at radius 2 is 1.09 bits per heavy atom. The molecule has 64 valence electrons. The van der Waals surface area contributed by atoms with E-state index < -0.39 is 0 Å². The minimum absolute atomic E-state index is 0.468. The first kappa shape index (κ1) is 10.5. The van der Waals surface area contributed by atoms with Gasteiger partial charge in [0.1, 0.15) is 0 Å². The van der Waals surface area contributed by atoms with Crippen LogP contribution in [0.4, 0.5) is 0 Å². The van der Waals surface area contributed by atoms with Gasteiger partial charge in [0.25, 0.3) is 0 Å². The summed E-state index contributed by atoms with van der Waals surface area (Å²) in [6.07, 6.45) is 8.94. The molecule has 1 rings (SSSR count). The van der Waals surface area contributed by atoms with Crippen LogP contribution in [0.5, 0.6) is 0 Å². The predicted molar refractivity (Wildman–Crippen MR) is 48.2 cm³/mol. The molecule has 0 radical (unpaired) electrons. The van der Waals surface area contributed by atoms with Crippen molar-refractivity contribution >= 4 is 0 Å². The third-order valence-corrected chi connectivity index (χ3v) is 2.74. The quantitative estimate of drug-likeness (QED) is 0.486. The molecule has 0 unspecified atom stereocenters. The summed E-state index contributed by atoms with van der Waals surface area (Å²) in [6.45, 7) is 8.84. The van der Waals surface area contributed by atoms with E-state index in [1.165, 1.54) is 0 Å². The van der Waals surface area contributed by atoms with Gasteiger partial charge in [0.2, 0.25) is 0 Å². The van der Waals surface area contributed by atoms with Gasteiger partial charge in [0, 0.05) is 0 Å². The summed E-state index contributed by atoms with van der Waals surface area (Å²) >= 11 is 0. The molecule has 1 aliphatic rings. The van der Waals surface area contributed by atoms with Crippen molar-refractivity contribution < 1.29 is 4.74 Å². The Bertz CT molecular complexity index is 116. The van der Waals surface area contributed by atoms with E-state index in [-0.39, 0.29) is 0 Å². The van der Waals surface area contributed by atoms with Crippen molar-refractivity contribution in [1.29, 1.82) is 0 Å². The van der Waals surface area contributed by atoms with Crippen molar-refractivity contribution in [2.24, 2.45) is 11.8 Å². The molecule has 1 aliphatic heterocycles. The van der Waals surface area contributed by atoms with Crippen LogP contribution in [0.1, 0.15) is 27.7 Å². The average molecular weight is 154 g/mol. The van der Waals surface area contributed by atoms with E-state index in [9.17, 15) is 0 Å². The Morgan fingerprint density at radius 1 is 0.818 bits per heavy atom. The molecule has 0 aromatic carbocycles. The van der Waals surface area contributed by atoms with Crippen LogP contribution < -0.4 is 0 Å². The maximum atomic E-state index is 5.59. The van der Waals surface area contributed by atoms with E-state index >= 15 is 0 Å². The smallest absolute Gasteiger partial charge is 0.0579 e. The van der Waals surface area contributed by atoms with Crippen LogP contribution in [0.2, 0.25) is 0 Å². The number of ether oxygens (including phenoxy) is 1. The van der Waals surface area contributed by atoms with Gasteiger partial charge in [-0.25, -0.2) is 0 Å². The van der Waals surface area contributed by atoms with Crippen molar-refractivity contribution in [2.45, 2.75) is 39.9 Å². The first-order valence-electron chi connectivity index (χ1n) is 4.11. The van der Waals surface area contributed by atoms with E-state index in [1.54, 1.807) is 0 Å². The standard InChI is InChI=1S/C8H16O.C2H2/c1-5-6(2)8(4)9-7(5)3;1-2/h5-8H,1-4H3;1-2H/t5-,6+,7+,8-;. The van der Waals surface area contributed by atoms with E-state index in [2.05, 4.69) is 40.5 Å². The third-order valence-electron chi connectivity index (χ3n) is 2.74. The minimum atomic E-state index is 0.468. The molecule has 0 aromatic rings. The van der Waals surface area contributed by atoms with Crippen LogP contribution in [0, 0.1) is 24.7 Å². The molecule has 0 spiro atoms. The summed E-state index contributed by atoms with van der Waals surface area (Å²) in [5.74, 6) is 1.47. The summed E-state index contributed by atoms with van der Waals surface area (Å²) in [6, 6.07) is 0. The van der Waals surface area contributed by atoms with E-state index in [0.717, 1.165) is 11.8 Å². The van der Waals surface area contributed by atoms with Gasteiger partial charge in [-0.1, -0.05) is 13.8 Å². The molecular weight excluding hydrogens is 136 g/mol. The monoisotopic (exact) mass is 154 g/mol. The van der Waals surface area contributed by atoms with E-state index in [1.807, 2.05) is 0 Å². The lowest BCUT2D eigenvalue weighted by atomic mass is 9.92. The van der Waals surface area contributed by atoms with Gasteiger partial charge in [-0.2, -0.15) is 0 Å². The zero-order valence-electron chi connectivity index (χ0n) is 7.87. The molecule has 0 bridgehead atoms. The van der Waals surface area contributed by atoms with Gasteiger partial charge >= 0.3 is 0 Å². The summed E-state index contributed by atoms with van der Waals surface area (Å²) in [7, 11) is 0. The van der Waals surface area contributed by atoms with E-state index in [4.69, 9.17) is 4.74 Å². The fourth-order valence-electron chi connectivity index (χ4n) is 1.44. The summed E-state index contributed by atoms with van der Waals surface area (Å²) in [5, 5.41) is 0. The first-order chi connectivity index (χ1) is 5.13. The van der Waals surface area contributed by atoms with Gasteiger partial charge < -0.3 is 4.74 Å². The SMILES string of the molecule is C#C.C[C@@H]1[C@H](C)[C@@H](C)O[C@H]1C. The van der Waals surface area contributed by atoms with Crippen molar-refractivity contribution in [3.8, 4) is 12.8 Å². The maximum absolute atomic E-state index is 5.59. The number of hydrogen-bond donors (Lipinski definition) is 0. The second-order valence-corrected chi connectivity index (χ2v) is 3.26. The molecule has 11 heavy (non-hydrogen) atoms. The van der Waals surface area contributed by atoms with E-state index in [0.29, 0.717) is 12.2 Å². The molecule has 1 heterocycles. The highest BCUT2D eigenvalue weighted by Gasteiger charge is 2.32. The Balaban J connectivity index is 0.000000461. The van der Waals surface area contributed by atoms with Crippen LogP contribution in [-0.2, 0) is 4.74 Å². The Morgan fingerprint density at radius 3 is 1.18 bits per heavy atom. The van der Waals surface area contributed by atoms with Gasteiger partial charge in [0.05, 0.1) is 12.2 Å². The Hall–Kier alpha value is -0.480. The molecule has 0 amide bonds. The van der Waals surface area contributed by atoms with Crippen LogP contribution in [-0.4, -0.2) is 12.2 Å². The van der Waals surface area contributed by atoms with Crippen LogP contribution in [0.3, 0.4) is 0 Å². The zero-order valence-corrected chi connectivity index (χ0v) is 7.87. The average Bonchev–Trinajstić information content (AvgIpc) is 2.22. The molecule has 0 N–H and O–H groups in total. The van der Waals surface area contributed by atoms with Crippen molar-refractivity contribution in [1.82, 2.24) is 0 Å². The summed E-state index contributed by atoms with van der Waals surface area (Å²) < 4.78 is 5.59. The first-order valence-corrected chi connectivity index (χ1v) is 4.11. The van der Waals surface area contributed by atoms with Crippen molar-refractivity contribution in [3.05, 3.63) is 0 Å². The highest BCUT2D eigenvalue weighted by molar-refractivity contribution is 4.80. The molecule has 1 nitrogen and oxygen atoms in total. The van der Waals surface area contributed by atoms with Crippen molar-refractivity contribution in [2.75, 3.05) is 0 Å². The highest BCUT2D eigenvalue weighted by atomic mass is 16.5. The Kier molecular flexibility index (Phi) is 4.22. The second kappa shape index (κ2) is 4.41. The molecule has 4 atom stereocenters. The largest absolute Gasteiger partial charge is 0.375 e. The fourth-order valence-corrected chi connectivity index (χ4v) is 1.44. The topological polar surface area (TPSA) is 9.23 Å². The lowest BCUT2D eigenvalue weighted by Gasteiger charge is -2.10. The van der Waals surface area contributed by atoms with Crippen molar-refractivity contribution in [3.63, 3.8) is 0 Å². The molecule has 0 aromatic heterocycles. The number of hydrogen-bond acceptors (Lipinski definition) is 1. The van der Waals surface area contributed by atoms with Gasteiger partial charge in [-0.3, -0.25) is 0 Å². The molecule has 1 saturated heterocycles. The maximum Gasteiger partial charge on any atom is 0.0579 e. The van der Waals surface area contributed by atoms with Crippen LogP contribution >= 0.6 is 0 Å². The molecule has 1 heteroatoms. The lowest BCUT2D eigenvalue weighted by Crippen LogP contribution is -2.12. The van der Waals surface area contributed by atoms with Crippen LogP contribution in [0.15, 0.2) is 0 Å². The molecule has 1 fully saturated rings. The van der Waals surface area contributed by atoms with Gasteiger partial charge in [-0.15, -0.1) is 12.8 Å². The fraction of sp³-hybridized carbons (Fsp3) is 0.800. The summed E-state index contributed by atoms with van der Waals surface area (Å²) in [4.78, 5) is 0. The molecule has 0 aliphatic carbocycles. The number of terminal acetylenes is 1. The van der Waals surface area contributed by atoms with Gasteiger partial charge in [-0.05, 0) is 25.7 Å². The lowest BCUT2D eigenvalue weighted by molar-refractivity contribution is 0.0524. The molecular formula is C10H18O. The normalized spacial score (nSPS) is 42.7. The third kappa shape index (κ3) is 2.24. The molecule has 0 saturated carbocycles. The van der Waals surface area contributed by atoms with Crippen LogP contribution in [0.25, 0.3) is 0 Å². The predicted octanol–water partition coefficient (Wildman–Crippen LogP) is 2.32.